The molecule has 0 bridgehead atoms. The van der Waals surface area contributed by atoms with Crippen LogP contribution in [-0.2, 0) is 19.5 Å². The van der Waals surface area contributed by atoms with Gasteiger partial charge in [-0.2, -0.15) is 0 Å². The molecule has 1 aliphatic rings. The standard InChI is InChI=1S/C18H15Cl2N3O2/c19-13-3-1-4-14(20)12(13)9-23-7-6-11-15(10-23)21-17(22-18(11)24)16-5-2-8-25-16/h1-5,8H,6-7,9-10H2,(H,21,22,24). The number of hydrogen-bond donors (Lipinski definition) is 1. The SMILES string of the molecule is O=c1[nH]c(-c2ccco2)nc2c1CCN(Cc1c(Cl)cccc1Cl)C2. The van der Waals surface area contributed by atoms with Gasteiger partial charge in [0.1, 0.15) is 0 Å². The molecule has 0 unspecified atom stereocenters. The monoisotopic (exact) mass is 375 g/mol. The van der Waals surface area contributed by atoms with E-state index in [4.69, 9.17) is 27.6 Å². The average Bonchev–Trinajstić information content (AvgIpc) is 3.12. The predicted molar refractivity (Wildman–Crippen MR) is 96.8 cm³/mol. The fourth-order valence-electron chi connectivity index (χ4n) is 3.07. The van der Waals surface area contributed by atoms with Crippen LogP contribution in [0.3, 0.4) is 0 Å². The molecule has 7 heteroatoms. The average molecular weight is 376 g/mol. The van der Waals surface area contributed by atoms with E-state index in [1.54, 1.807) is 18.4 Å². The quantitative estimate of drug-likeness (QED) is 0.753. The van der Waals surface area contributed by atoms with Crippen LogP contribution in [0.1, 0.15) is 16.8 Å². The zero-order valence-corrected chi connectivity index (χ0v) is 14.8. The number of rotatable bonds is 3. The van der Waals surface area contributed by atoms with Gasteiger partial charge in [0, 0.05) is 40.8 Å². The second-order valence-corrected chi connectivity index (χ2v) is 6.79. The second kappa shape index (κ2) is 6.67. The molecule has 128 valence electrons. The van der Waals surface area contributed by atoms with Gasteiger partial charge in [-0.1, -0.05) is 29.3 Å². The van der Waals surface area contributed by atoms with Crippen LogP contribution in [-0.4, -0.2) is 21.4 Å². The highest BCUT2D eigenvalue weighted by molar-refractivity contribution is 6.35. The Morgan fingerprint density at radius 3 is 2.72 bits per heavy atom. The molecule has 0 fully saturated rings. The number of nitrogens with zero attached hydrogens (tertiary/aromatic N) is 2. The van der Waals surface area contributed by atoms with Crippen LogP contribution >= 0.6 is 23.2 Å². The zero-order valence-electron chi connectivity index (χ0n) is 13.3. The molecule has 0 radical (unpaired) electrons. The minimum atomic E-state index is -0.105. The third-order valence-electron chi connectivity index (χ3n) is 4.35. The van der Waals surface area contributed by atoms with E-state index in [2.05, 4.69) is 14.9 Å². The number of H-pyrrole nitrogens is 1. The summed E-state index contributed by atoms with van der Waals surface area (Å²) in [6, 6.07) is 9.03. The number of fused-ring (bicyclic) bond motifs is 1. The van der Waals surface area contributed by atoms with E-state index in [0.29, 0.717) is 41.1 Å². The highest BCUT2D eigenvalue weighted by Crippen LogP contribution is 2.27. The molecule has 1 aromatic carbocycles. The number of nitrogens with one attached hydrogen (secondary N) is 1. The lowest BCUT2D eigenvalue weighted by molar-refractivity contribution is 0.240. The molecule has 3 heterocycles. The minimum absolute atomic E-state index is 0.105. The Balaban J connectivity index is 1.63. The topological polar surface area (TPSA) is 62.1 Å². The maximum atomic E-state index is 12.4. The van der Waals surface area contributed by atoms with Gasteiger partial charge in [-0.05, 0) is 30.7 Å². The van der Waals surface area contributed by atoms with E-state index in [-0.39, 0.29) is 5.56 Å². The van der Waals surface area contributed by atoms with E-state index < -0.39 is 0 Å². The van der Waals surface area contributed by atoms with E-state index in [9.17, 15) is 4.79 Å². The maximum absolute atomic E-state index is 12.4. The van der Waals surface area contributed by atoms with Crippen molar-refractivity contribution in [1.82, 2.24) is 14.9 Å². The summed E-state index contributed by atoms with van der Waals surface area (Å²) in [7, 11) is 0. The first-order chi connectivity index (χ1) is 12.1. The molecular weight excluding hydrogens is 361 g/mol. The first kappa shape index (κ1) is 16.4. The molecule has 4 rings (SSSR count). The maximum Gasteiger partial charge on any atom is 0.254 e. The van der Waals surface area contributed by atoms with Crippen LogP contribution in [0.15, 0.2) is 45.8 Å². The number of aromatic amines is 1. The fraction of sp³-hybridized carbons (Fsp3) is 0.222. The number of furan rings is 1. The number of aromatic nitrogens is 2. The molecule has 0 amide bonds. The Hall–Kier alpha value is -2.08. The van der Waals surface area contributed by atoms with Crippen molar-refractivity contribution in [2.75, 3.05) is 6.54 Å². The van der Waals surface area contributed by atoms with Gasteiger partial charge in [0.05, 0.1) is 12.0 Å². The lowest BCUT2D eigenvalue weighted by Crippen LogP contribution is -2.35. The second-order valence-electron chi connectivity index (χ2n) is 5.98. The highest BCUT2D eigenvalue weighted by atomic mass is 35.5. The van der Waals surface area contributed by atoms with Gasteiger partial charge in [-0.3, -0.25) is 9.69 Å². The lowest BCUT2D eigenvalue weighted by atomic mass is 10.1. The van der Waals surface area contributed by atoms with E-state index >= 15 is 0 Å². The van der Waals surface area contributed by atoms with Gasteiger partial charge in [0.2, 0.25) is 0 Å². The summed E-state index contributed by atoms with van der Waals surface area (Å²) < 4.78 is 5.34. The third-order valence-corrected chi connectivity index (χ3v) is 5.06. The molecule has 1 N–H and O–H groups in total. The van der Waals surface area contributed by atoms with E-state index in [1.807, 2.05) is 18.2 Å². The van der Waals surface area contributed by atoms with Gasteiger partial charge in [-0.25, -0.2) is 4.98 Å². The Kier molecular flexibility index (Phi) is 4.37. The summed E-state index contributed by atoms with van der Waals surface area (Å²) in [6.45, 7) is 1.93. The van der Waals surface area contributed by atoms with Crippen molar-refractivity contribution in [2.24, 2.45) is 0 Å². The molecule has 0 aliphatic carbocycles. The number of benzene rings is 1. The summed E-state index contributed by atoms with van der Waals surface area (Å²) in [4.78, 5) is 21.9. The summed E-state index contributed by atoms with van der Waals surface area (Å²) >= 11 is 12.5. The van der Waals surface area contributed by atoms with Crippen LogP contribution in [0.5, 0.6) is 0 Å². The number of hydrogen-bond acceptors (Lipinski definition) is 4. The molecular formula is C18H15Cl2N3O2. The van der Waals surface area contributed by atoms with Crippen LogP contribution in [0.4, 0.5) is 0 Å². The molecule has 0 spiro atoms. The van der Waals surface area contributed by atoms with Gasteiger partial charge >= 0.3 is 0 Å². The van der Waals surface area contributed by atoms with Crippen molar-refractivity contribution in [3.63, 3.8) is 0 Å². The summed E-state index contributed by atoms with van der Waals surface area (Å²) in [5.74, 6) is 0.998. The van der Waals surface area contributed by atoms with Crippen LogP contribution < -0.4 is 5.56 Å². The fourth-order valence-corrected chi connectivity index (χ4v) is 3.58. The predicted octanol–water partition coefficient (Wildman–Crippen LogP) is 3.90. The van der Waals surface area contributed by atoms with Crippen LogP contribution in [0.25, 0.3) is 11.6 Å². The summed E-state index contributed by atoms with van der Waals surface area (Å²) in [6.07, 6.45) is 2.19. The molecule has 0 saturated carbocycles. The molecule has 25 heavy (non-hydrogen) atoms. The van der Waals surface area contributed by atoms with Crippen molar-refractivity contribution in [2.45, 2.75) is 19.5 Å². The van der Waals surface area contributed by atoms with Crippen LogP contribution in [0.2, 0.25) is 10.0 Å². The Morgan fingerprint density at radius 1 is 1.20 bits per heavy atom. The van der Waals surface area contributed by atoms with Gasteiger partial charge in [0.15, 0.2) is 11.6 Å². The van der Waals surface area contributed by atoms with Gasteiger partial charge in [0.25, 0.3) is 5.56 Å². The molecule has 0 saturated heterocycles. The van der Waals surface area contributed by atoms with E-state index in [0.717, 1.165) is 23.4 Å². The highest BCUT2D eigenvalue weighted by Gasteiger charge is 2.23. The van der Waals surface area contributed by atoms with Crippen LogP contribution in [0, 0.1) is 0 Å². The molecule has 1 aliphatic heterocycles. The van der Waals surface area contributed by atoms with Gasteiger partial charge < -0.3 is 9.40 Å². The molecule has 0 atom stereocenters. The van der Waals surface area contributed by atoms with Crippen molar-refractivity contribution in [1.29, 1.82) is 0 Å². The van der Waals surface area contributed by atoms with Gasteiger partial charge in [-0.15, -0.1) is 0 Å². The number of halogens is 2. The Bertz CT molecular complexity index is 947. The molecule has 5 nitrogen and oxygen atoms in total. The first-order valence-electron chi connectivity index (χ1n) is 7.93. The zero-order chi connectivity index (χ0) is 17.4. The Morgan fingerprint density at radius 2 is 2.00 bits per heavy atom. The van der Waals surface area contributed by atoms with Crippen molar-refractivity contribution in [3.05, 3.63) is 73.8 Å². The van der Waals surface area contributed by atoms with Crippen molar-refractivity contribution < 1.29 is 4.42 Å². The summed E-state index contributed by atoms with van der Waals surface area (Å²) in [5, 5.41) is 1.29. The largest absolute Gasteiger partial charge is 0.461 e. The smallest absolute Gasteiger partial charge is 0.254 e. The van der Waals surface area contributed by atoms with Crippen molar-refractivity contribution >= 4 is 23.2 Å². The minimum Gasteiger partial charge on any atom is -0.461 e. The molecule has 3 aromatic rings. The van der Waals surface area contributed by atoms with E-state index in [1.165, 1.54) is 0 Å². The first-order valence-corrected chi connectivity index (χ1v) is 8.68. The lowest BCUT2D eigenvalue weighted by Gasteiger charge is -2.28. The van der Waals surface area contributed by atoms with Crippen molar-refractivity contribution in [3.8, 4) is 11.6 Å². The summed E-state index contributed by atoms with van der Waals surface area (Å²) in [5.41, 5.74) is 2.29. The normalized spacial score (nSPS) is 14.5. The third kappa shape index (κ3) is 3.23. The Labute approximate surface area is 154 Å². The molecule has 2 aromatic heterocycles.